The molecular formula is C18H19NO2S. The maximum absolute atomic E-state index is 6.32. The van der Waals surface area contributed by atoms with E-state index in [2.05, 4.69) is 12.1 Å². The number of methoxy groups -OCH3 is 1. The molecule has 0 saturated heterocycles. The molecule has 0 aliphatic rings. The first-order valence-corrected chi connectivity index (χ1v) is 8.03. The molecule has 2 aromatic carbocycles. The van der Waals surface area contributed by atoms with E-state index in [1.54, 1.807) is 18.4 Å². The van der Waals surface area contributed by atoms with Crippen molar-refractivity contribution in [2.45, 2.75) is 20.0 Å². The molecule has 4 heteroatoms. The molecule has 0 bridgehead atoms. The van der Waals surface area contributed by atoms with Gasteiger partial charge >= 0.3 is 0 Å². The van der Waals surface area contributed by atoms with Crippen molar-refractivity contribution in [3.63, 3.8) is 0 Å². The molecule has 22 heavy (non-hydrogen) atoms. The molecule has 0 unspecified atom stereocenters. The molecule has 0 aliphatic carbocycles. The van der Waals surface area contributed by atoms with Gasteiger partial charge in [0.15, 0.2) is 0 Å². The van der Waals surface area contributed by atoms with Crippen LogP contribution in [-0.2, 0) is 0 Å². The van der Waals surface area contributed by atoms with Crippen LogP contribution in [0.15, 0.2) is 42.5 Å². The number of thiophene rings is 1. The lowest BCUT2D eigenvalue weighted by atomic mass is 10.1. The predicted octanol–water partition coefficient (Wildman–Crippen LogP) is 4.95. The van der Waals surface area contributed by atoms with Gasteiger partial charge in [-0.1, -0.05) is 0 Å². The average molecular weight is 313 g/mol. The number of hydrogen-bond donors (Lipinski definition) is 1. The highest BCUT2D eigenvalue weighted by Crippen LogP contribution is 2.42. The van der Waals surface area contributed by atoms with Crippen molar-refractivity contribution in [3.8, 4) is 21.9 Å². The maximum atomic E-state index is 6.32. The largest absolute Gasteiger partial charge is 0.497 e. The van der Waals surface area contributed by atoms with Gasteiger partial charge in [0.1, 0.15) is 11.5 Å². The third-order valence-corrected chi connectivity index (χ3v) is 4.64. The summed E-state index contributed by atoms with van der Waals surface area (Å²) in [6, 6.07) is 14.1. The van der Waals surface area contributed by atoms with Crippen molar-refractivity contribution < 1.29 is 9.47 Å². The maximum Gasteiger partial charge on any atom is 0.120 e. The number of anilines is 1. The zero-order valence-corrected chi connectivity index (χ0v) is 13.7. The fourth-order valence-corrected chi connectivity index (χ4v) is 3.55. The second-order valence-corrected chi connectivity index (χ2v) is 6.45. The molecule has 2 N–H and O–H groups in total. The Labute approximate surface area is 134 Å². The predicted molar refractivity (Wildman–Crippen MR) is 94.0 cm³/mol. The summed E-state index contributed by atoms with van der Waals surface area (Å²) < 4.78 is 12.1. The Kier molecular flexibility index (Phi) is 3.94. The van der Waals surface area contributed by atoms with Crippen molar-refractivity contribution in [2.24, 2.45) is 0 Å². The third-order valence-electron chi connectivity index (χ3n) is 3.42. The quantitative estimate of drug-likeness (QED) is 0.741. The van der Waals surface area contributed by atoms with E-state index < -0.39 is 0 Å². The van der Waals surface area contributed by atoms with Crippen LogP contribution < -0.4 is 15.2 Å². The molecule has 0 atom stereocenters. The molecule has 0 spiro atoms. The highest BCUT2D eigenvalue weighted by Gasteiger charge is 2.12. The van der Waals surface area contributed by atoms with Crippen LogP contribution in [-0.4, -0.2) is 13.2 Å². The first kappa shape index (κ1) is 14.7. The summed E-state index contributed by atoms with van der Waals surface area (Å²) in [5, 5.41) is 1.07. The molecule has 0 saturated carbocycles. The number of nitrogen functional groups attached to an aromatic ring is 1. The summed E-state index contributed by atoms with van der Waals surface area (Å²) in [6.45, 7) is 4.04. The number of benzene rings is 2. The lowest BCUT2D eigenvalue weighted by Crippen LogP contribution is -2.05. The number of rotatable bonds is 4. The summed E-state index contributed by atoms with van der Waals surface area (Å²) in [7, 11) is 1.67. The Morgan fingerprint density at radius 1 is 1.00 bits per heavy atom. The van der Waals surface area contributed by atoms with Crippen molar-refractivity contribution in [1.82, 2.24) is 0 Å². The standard InChI is InChI=1S/C18H19NO2S/c1-11(2)21-13-6-4-12(5-7-13)18-17(19)15-9-8-14(20-3)10-16(15)22-18/h4-11H,19H2,1-3H3. The normalized spacial score (nSPS) is 11.1. The van der Waals surface area contributed by atoms with Crippen LogP contribution in [0, 0.1) is 0 Å². The van der Waals surface area contributed by atoms with Crippen LogP contribution in [0.1, 0.15) is 13.8 Å². The molecule has 0 radical (unpaired) electrons. The van der Waals surface area contributed by atoms with E-state index in [9.17, 15) is 0 Å². The second-order valence-electron chi connectivity index (χ2n) is 5.40. The van der Waals surface area contributed by atoms with Crippen LogP contribution in [0.25, 0.3) is 20.5 Å². The Balaban J connectivity index is 2.00. The molecule has 0 fully saturated rings. The molecule has 0 amide bonds. The second kappa shape index (κ2) is 5.89. The zero-order valence-electron chi connectivity index (χ0n) is 12.9. The van der Waals surface area contributed by atoms with Crippen molar-refractivity contribution >= 4 is 27.1 Å². The monoisotopic (exact) mass is 313 g/mol. The fourth-order valence-electron chi connectivity index (χ4n) is 2.40. The first-order chi connectivity index (χ1) is 10.6. The van der Waals surface area contributed by atoms with Gasteiger partial charge in [-0.05, 0) is 61.9 Å². The summed E-state index contributed by atoms with van der Waals surface area (Å²) in [6.07, 6.45) is 0.174. The van der Waals surface area contributed by atoms with E-state index in [-0.39, 0.29) is 6.10 Å². The van der Waals surface area contributed by atoms with Crippen LogP contribution in [0.4, 0.5) is 5.69 Å². The van der Waals surface area contributed by atoms with Gasteiger partial charge in [0.2, 0.25) is 0 Å². The zero-order chi connectivity index (χ0) is 15.7. The van der Waals surface area contributed by atoms with E-state index in [0.29, 0.717) is 0 Å². The molecule has 3 rings (SSSR count). The van der Waals surface area contributed by atoms with Gasteiger partial charge in [0, 0.05) is 10.1 Å². The number of hydrogen-bond acceptors (Lipinski definition) is 4. The van der Waals surface area contributed by atoms with Gasteiger partial charge in [-0.2, -0.15) is 0 Å². The van der Waals surface area contributed by atoms with E-state index in [0.717, 1.165) is 37.7 Å². The Bertz CT molecular complexity index is 791. The van der Waals surface area contributed by atoms with Crippen LogP contribution in [0.3, 0.4) is 0 Å². The molecule has 114 valence electrons. The Morgan fingerprint density at radius 3 is 2.32 bits per heavy atom. The van der Waals surface area contributed by atoms with Gasteiger partial charge in [-0.15, -0.1) is 11.3 Å². The van der Waals surface area contributed by atoms with Gasteiger partial charge in [-0.3, -0.25) is 0 Å². The fraction of sp³-hybridized carbons (Fsp3) is 0.222. The number of fused-ring (bicyclic) bond motifs is 1. The summed E-state index contributed by atoms with van der Waals surface area (Å²) in [5.41, 5.74) is 8.24. The highest BCUT2D eigenvalue weighted by molar-refractivity contribution is 7.23. The summed E-state index contributed by atoms with van der Waals surface area (Å²) in [4.78, 5) is 1.08. The molecule has 0 aliphatic heterocycles. The lowest BCUT2D eigenvalue weighted by molar-refractivity contribution is 0.242. The van der Waals surface area contributed by atoms with Gasteiger partial charge < -0.3 is 15.2 Å². The van der Waals surface area contributed by atoms with E-state index >= 15 is 0 Å². The molecule has 3 aromatic rings. The van der Waals surface area contributed by atoms with Crippen molar-refractivity contribution in [2.75, 3.05) is 12.8 Å². The van der Waals surface area contributed by atoms with E-state index in [1.165, 1.54) is 0 Å². The van der Waals surface area contributed by atoms with Crippen molar-refractivity contribution in [1.29, 1.82) is 0 Å². The van der Waals surface area contributed by atoms with Crippen molar-refractivity contribution in [3.05, 3.63) is 42.5 Å². The molecular weight excluding hydrogens is 294 g/mol. The summed E-state index contributed by atoms with van der Waals surface area (Å²) in [5.74, 6) is 1.72. The lowest BCUT2D eigenvalue weighted by Gasteiger charge is -2.09. The molecule has 1 heterocycles. The highest BCUT2D eigenvalue weighted by atomic mass is 32.1. The van der Waals surface area contributed by atoms with Crippen LogP contribution >= 0.6 is 11.3 Å². The minimum absolute atomic E-state index is 0.174. The topological polar surface area (TPSA) is 44.5 Å². The minimum atomic E-state index is 0.174. The molecule has 3 nitrogen and oxygen atoms in total. The third kappa shape index (κ3) is 2.74. The average Bonchev–Trinajstić information content (AvgIpc) is 2.84. The first-order valence-electron chi connectivity index (χ1n) is 7.21. The van der Waals surface area contributed by atoms with E-state index in [1.807, 2.05) is 44.2 Å². The van der Waals surface area contributed by atoms with Crippen LogP contribution in [0.5, 0.6) is 11.5 Å². The SMILES string of the molecule is COc1ccc2c(N)c(-c3ccc(OC(C)C)cc3)sc2c1. The van der Waals surface area contributed by atoms with Gasteiger partial charge in [0.25, 0.3) is 0 Å². The Hall–Kier alpha value is -2.20. The van der Waals surface area contributed by atoms with E-state index in [4.69, 9.17) is 15.2 Å². The molecule has 1 aromatic heterocycles. The number of nitrogens with two attached hydrogens (primary N) is 1. The van der Waals surface area contributed by atoms with Gasteiger partial charge in [-0.25, -0.2) is 0 Å². The number of ether oxygens (including phenoxy) is 2. The smallest absolute Gasteiger partial charge is 0.120 e. The van der Waals surface area contributed by atoms with Crippen LogP contribution in [0.2, 0.25) is 0 Å². The Morgan fingerprint density at radius 2 is 1.68 bits per heavy atom. The minimum Gasteiger partial charge on any atom is -0.497 e. The summed E-state index contributed by atoms with van der Waals surface area (Å²) >= 11 is 1.68. The van der Waals surface area contributed by atoms with Gasteiger partial charge in [0.05, 0.1) is 23.8 Å².